The van der Waals surface area contributed by atoms with E-state index in [1.165, 1.54) is 24.0 Å². The maximum atomic E-state index is 12.5. The second-order valence-electron chi connectivity index (χ2n) is 8.62. The van der Waals surface area contributed by atoms with Crippen molar-refractivity contribution >= 4 is 40.0 Å². The zero-order chi connectivity index (χ0) is 21.8. The fourth-order valence-electron chi connectivity index (χ4n) is 4.14. The maximum absolute atomic E-state index is 12.5. The Morgan fingerprint density at radius 3 is 2.39 bits per heavy atom. The van der Waals surface area contributed by atoms with Gasteiger partial charge in [-0.05, 0) is 44.7 Å². The molecule has 0 radical (unpaired) electrons. The summed E-state index contributed by atoms with van der Waals surface area (Å²) in [5.74, 6) is 0.895. The van der Waals surface area contributed by atoms with Crippen molar-refractivity contribution in [2.24, 2.45) is 4.99 Å². The summed E-state index contributed by atoms with van der Waals surface area (Å²) >= 11 is 0. The molecule has 1 aromatic rings. The number of aryl methyl sites for hydroxylation is 1. The zero-order valence-electron chi connectivity index (χ0n) is 19.1. The fraction of sp³-hybridized carbons (Fsp3) is 0.682. The summed E-state index contributed by atoms with van der Waals surface area (Å²) in [5.41, 5.74) is 2.96. The molecule has 0 bridgehead atoms. The first-order chi connectivity index (χ1) is 14.3. The summed E-state index contributed by atoms with van der Waals surface area (Å²) in [6.07, 6.45) is 2.42. The van der Waals surface area contributed by atoms with E-state index in [0.29, 0.717) is 26.2 Å². The Hall–Kier alpha value is -0.910. The highest BCUT2D eigenvalue weighted by atomic mass is 127. The van der Waals surface area contributed by atoms with Crippen molar-refractivity contribution in [1.82, 2.24) is 14.5 Å². The average molecular weight is 565 g/mol. The molecule has 1 aliphatic carbocycles. The van der Waals surface area contributed by atoms with Crippen LogP contribution in [0.25, 0.3) is 0 Å². The van der Waals surface area contributed by atoms with Gasteiger partial charge < -0.3 is 15.0 Å². The molecule has 1 saturated heterocycles. The molecule has 1 N–H and O–H groups in total. The predicted molar refractivity (Wildman–Crippen MR) is 137 cm³/mol. The summed E-state index contributed by atoms with van der Waals surface area (Å²) in [6, 6.07) is 8.61. The highest BCUT2D eigenvalue weighted by Crippen LogP contribution is 2.48. The second kappa shape index (κ2) is 11.3. The number of nitrogens with zero attached hydrogens (tertiary/aromatic N) is 3. The van der Waals surface area contributed by atoms with Gasteiger partial charge in [-0.25, -0.2) is 8.42 Å². The van der Waals surface area contributed by atoms with Crippen molar-refractivity contribution < 1.29 is 13.2 Å². The Labute approximate surface area is 204 Å². The van der Waals surface area contributed by atoms with E-state index in [2.05, 4.69) is 46.4 Å². The number of sulfonamides is 1. The molecule has 1 aliphatic heterocycles. The van der Waals surface area contributed by atoms with E-state index >= 15 is 0 Å². The fourth-order valence-corrected chi connectivity index (χ4v) is 5.42. The molecule has 1 aromatic carbocycles. The third-order valence-electron chi connectivity index (χ3n) is 6.09. The number of rotatable bonds is 8. The topological polar surface area (TPSA) is 74.2 Å². The first-order valence-electron chi connectivity index (χ1n) is 10.9. The molecule has 31 heavy (non-hydrogen) atoms. The zero-order valence-corrected chi connectivity index (χ0v) is 22.3. The van der Waals surface area contributed by atoms with E-state index < -0.39 is 10.0 Å². The number of benzene rings is 1. The van der Waals surface area contributed by atoms with Gasteiger partial charge in [0.15, 0.2) is 5.96 Å². The van der Waals surface area contributed by atoms with Gasteiger partial charge in [0, 0.05) is 45.2 Å². The van der Waals surface area contributed by atoms with Gasteiger partial charge in [0.05, 0.1) is 18.5 Å². The molecule has 0 amide bonds. The van der Waals surface area contributed by atoms with Crippen molar-refractivity contribution in [1.29, 1.82) is 0 Å². The number of hydrogen-bond donors (Lipinski definition) is 1. The number of ether oxygens (including phenoxy) is 1. The van der Waals surface area contributed by atoms with Crippen LogP contribution in [-0.4, -0.2) is 81.8 Å². The average Bonchev–Trinajstić information content (AvgIpc) is 3.49. The Bertz CT molecular complexity index is 848. The number of guanidine groups is 1. The van der Waals surface area contributed by atoms with Crippen LogP contribution in [0, 0.1) is 6.92 Å². The van der Waals surface area contributed by atoms with Crippen molar-refractivity contribution in [2.75, 3.05) is 52.1 Å². The Kier molecular flexibility index (Phi) is 9.59. The minimum atomic E-state index is -3.28. The van der Waals surface area contributed by atoms with Crippen LogP contribution in [-0.2, 0) is 20.2 Å². The molecule has 3 rings (SSSR count). The number of aliphatic imine (C=N–C) groups is 1. The third-order valence-corrected chi connectivity index (χ3v) is 7.93. The van der Waals surface area contributed by atoms with E-state index in [4.69, 9.17) is 4.74 Å². The summed E-state index contributed by atoms with van der Waals surface area (Å²) < 4.78 is 32.1. The van der Waals surface area contributed by atoms with E-state index in [0.717, 1.165) is 12.5 Å². The normalized spacial score (nSPS) is 19.3. The Balaban J connectivity index is 0.00000341. The van der Waals surface area contributed by atoms with Crippen LogP contribution in [0.1, 0.15) is 37.8 Å². The van der Waals surface area contributed by atoms with Crippen LogP contribution in [0.15, 0.2) is 29.3 Å². The lowest BCUT2D eigenvalue weighted by Gasteiger charge is -2.36. The summed E-state index contributed by atoms with van der Waals surface area (Å²) in [5, 5.41) is 3.56. The smallest absolute Gasteiger partial charge is 0.216 e. The largest absolute Gasteiger partial charge is 0.378 e. The lowest BCUT2D eigenvalue weighted by atomic mass is 9.92. The molecular formula is C22H37IN4O3S. The monoisotopic (exact) mass is 564 g/mol. The van der Waals surface area contributed by atoms with Crippen LogP contribution in [0.3, 0.4) is 0 Å². The highest BCUT2D eigenvalue weighted by molar-refractivity contribution is 14.0. The molecule has 0 spiro atoms. The van der Waals surface area contributed by atoms with Gasteiger partial charge >= 0.3 is 0 Å². The van der Waals surface area contributed by atoms with Crippen LogP contribution in [0.5, 0.6) is 0 Å². The molecule has 2 aliphatic rings. The summed E-state index contributed by atoms with van der Waals surface area (Å²) in [6.45, 7) is 9.34. The molecule has 0 atom stereocenters. The molecular weight excluding hydrogens is 527 g/mol. The van der Waals surface area contributed by atoms with Gasteiger partial charge in [-0.1, -0.05) is 24.3 Å². The predicted octanol–water partition coefficient (Wildman–Crippen LogP) is 2.59. The first-order valence-corrected chi connectivity index (χ1v) is 12.5. The maximum Gasteiger partial charge on any atom is 0.216 e. The van der Waals surface area contributed by atoms with Crippen LogP contribution >= 0.6 is 24.0 Å². The van der Waals surface area contributed by atoms with Crippen LogP contribution < -0.4 is 5.32 Å². The number of hydrogen-bond acceptors (Lipinski definition) is 4. The molecule has 176 valence electrons. The quantitative estimate of drug-likeness (QED) is 0.299. The van der Waals surface area contributed by atoms with E-state index in [1.807, 2.05) is 13.8 Å². The van der Waals surface area contributed by atoms with Gasteiger partial charge in [0.1, 0.15) is 0 Å². The summed E-state index contributed by atoms with van der Waals surface area (Å²) in [4.78, 5) is 6.62. The lowest BCUT2D eigenvalue weighted by Crippen LogP contribution is -2.54. The Morgan fingerprint density at radius 1 is 1.19 bits per heavy atom. The van der Waals surface area contributed by atoms with Crippen LogP contribution in [0.2, 0.25) is 0 Å². The van der Waals surface area contributed by atoms with Crippen molar-refractivity contribution in [3.05, 3.63) is 35.4 Å². The van der Waals surface area contributed by atoms with Gasteiger partial charge in [0.2, 0.25) is 10.0 Å². The summed E-state index contributed by atoms with van der Waals surface area (Å²) in [7, 11) is -1.49. The van der Waals surface area contributed by atoms with Gasteiger partial charge in [-0.3, -0.25) is 4.99 Å². The standard InChI is InChI=1S/C22H36N4O3S.HI/c1-18(2)29-15-16-30(27,28)26-13-11-25(12-14-26)21(23-4)24-17-22(9-10-22)20-8-6-5-7-19(20)3;/h5-8,18H,9-17H2,1-4H3,(H,23,24);1H. The minimum Gasteiger partial charge on any atom is -0.378 e. The molecule has 1 heterocycles. The van der Waals surface area contributed by atoms with E-state index in [9.17, 15) is 8.42 Å². The Morgan fingerprint density at radius 2 is 1.84 bits per heavy atom. The first kappa shape index (κ1) is 26.3. The highest BCUT2D eigenvalue weighted by Gasteiger charge is 2.45. The van der Waals surface area contributed by atoms with E-state index in [1.54, 1.807) is 11.4 Å². The number of piperazine rings is 1. The minimum absolute atomic E-state index is 0. The van der Waals surface area contributed by atoms with Crippen molar-refractivity contribution in [2.45, 2.75) is 45.1 Å². The number of nitrogens with one attached hydrogen (secondary N) is 1. The van der Waals surface area contributed by atoms with Crippen LogP contribution in [0.4, 0.5) is 0 Å². The van der Waals surface area contributed by atoms with Gasteiger partial charge in [-0.2, -0.15) is 4.31 Å². The third kappa shape index (κ3) is 6.79. The van der Waals surface area contributed by atoms with E-state index in [-0.39, 0.29) is 47.9 Å². The second-order valence-corrected chi connectivity index (χ2v) is 10.7. The molecule has 1 saturated carbocycles. The van der Waals surface area contributed by atoms with Gasteiger partial charge in [0.25, 0.3) is 0 Å². The SMILES string of the molecule is CN=C(NCC1(c2ccccc2C)CC1)N1CCN(S(=O)(=O)CCOC(C)C)CC1.I. The molecule has 9 heteroatoms. The molecule has 0 aromatic heterocycles. The number of halogens is 1. The van der Waals surface area contributed by atoms with Gasteiger partial charge in [-0.15, -0.1) is 24.0 Å². The molecule has 7 nitrogen and oxygen atoms in total. The van der Waals surface area contributed by atoms with Crippen molar-refractivity contribution in [3.8, 4) is 0 Å². The molecule has 0 unspecified atom stereocenters. The molecule has 2 fully saturated rings. The van der Waals surface area contributed by atoms with Crippen molar-refractivity contribution in [3.63, 3.8) is 0 Å². The lowest BCUT2D eigenvalue weighted by molar-refractivity contribution is 0.0904.